The minimum absolute atomic E-state index is 0.747. The third kappa shape index (κ3) is 4.12. The van der Waals surface area contributed by atoms with Crippen LogP contribution in [0, 0.1) is 0 Å². The van der Waals surface area contributed by atoms with E-state index in [2.05, 4.69) is 44.3 Å². The Hall–Kier alpha value is -0.580. The van der Waals surface area contributed by atoms with Gasteiger partial charge in [0.15, 0.2) is 0 Å². The fraction of sp³-hybridized carbons (Fsp3) is 0.500. The Bertz CT molecular complexity index is 329. The van der Waals surface area contributed by atoms with E-state index in [0.717, 1.165) is 24.2 Å². The lowest BCUT2D eigenvalue weighted by Gasteiger charge is -2.15. The molecule has 16 heavy (non-hydrogen) atoms. The smallest absolute Gasteiger partial charge is 0.0587 e. The lowest BCUT2D eigenvalue weighted by Crippen LogP contribution is -2.18. The molecule has 1 N–H and O–H groups in total. The van der Waals surface area contributed by atoms with E-state index in [0.29, 0.717) is 0 Å². The van der Waals surface area contributed by atoms with Gasteiger partial charge in [0.1, 0.15) is 0 Å². The Morgan fingerprint density at radius 1 is 1.38 bits per heavy atom. The van der Waals surface area contributed by atoms with Crippen molar-refractivity contribution in [3.05, 3.63) is 28.2 Å². The molecule has 0 aliphatic carbocycles. The number of halogens is 1. The van der Waals surface area contributed by atoms with Gasteiger partial charge in [-0.1, -0.05) is 6.07 Å². The number of benzene rings is 1. The third-order valence-electron chi connectivity index (χ3n) is 2.31. The van der Waals surface area contributed by atoms with Gasteiger partial charge in [0.2, 0.25) is 0 Å². The Morgan fingerprint density at radius 3 is 2.69 bits per heavy atom. The van der Waals surface area contributed by atoms with Crippen LogP contribution in [0.3, 0.4) is 0 Å². The molecule has 0 spiro atoms. The molecule has 0 aliphatic heterocycles. The van der Waals surface area contributed by atoms with Crippen LogP contribution in [0.4, 0.5) is 5.69 Å². The molecule has 0 unspecified atom stereocenters. The molecule has 3 nitrogen and oxygen atoms in total. The van der Waals surface area contributed by atoms with Crippen LogP contribution in [0.25, 0.3) is 0 Å². The fourth-order valence-electron chi connectivity index (χ4n) is 1.43. The molecule has 0 heterocycles. The second kappa shape index (κ2) is 6.89. The van der Waals surface area contributed by atoms with Gasteiger partial charge in [-0.2, -0.15) is 0 Å². The lowest BCUT2D eigenvalue weighted by atomic mass is 10.2. The maximum absolute atomic E-state index is 4.98. The van der Waals surface area contributed by atoms with Crippen molar-refractivity contribution in [2.75, 3.05) is 39.3 Å². The van der Waals surface area contributed by atoms with Gasteiger partial charge >= 0.3 is 0 Å². The number of nitrogens with zero attached hydrogens (tertiary/aromatic N) is 1. The molecule has 0 aromatic heterocycles. The van der Waals surface area contributed by atoms with Crippen LogP contribution in [0.2, 0.25) is 0 Å². The van der Waals surface area contributed by atoms with E-state index in [1.807, 2.05) is 14.1 Å². The van der Waals surface area contributed by atoms with Crippen molar-refractivity contribution in [3.63, 3.8) is 0 Å². The average molecular weight is 287 g/mol. The van der Waals surface area contributed by atoms with Crippen LogP contribution >= 0.6 is 15.9 Å². The lowest BCUT2D eigenvalue weighted by molar-refractivity contribution is 0.199. The Balaban J connectivity index is 2.53. The molecule has 1 rings (SSSR count). The van der Waals surface area contributed by atoms with Crippen LogP contribution in [-0.4, -0.2) is 34.4 Å². The van der Waals surface area contributed by atoms with Crippen molar-refractivity contribution in [2.45, 2.75) is 6.54 Å². The summed E-state index contributed by atoms with van der Waals surface area (Å²) in [7, 11) is 5.79. The fourth-order valence-corrected chi connectivity index (χ4v) is 2.21. The molecule has 1 aromatic carbocycles. The second-order valence-corrected chi connectivity index (χ2v) is 4.70. The molecule has 0 bridgehead atoms. The Morgan fingerprint density at radius 2 is 2.12 bits per heavy atom. The van der Waals surface area contributed by atoms with Gasteiger partial charge in [-0.3, -0.25) is 0 Å². The number of hydrogen-bond acceptors (Lipinski definition) is 3. The Kier molecular flexibility index (Phi) is 5.80. The summed E-state index contributed by atoms with van der Waals surface area (Å²) >= 11 is 3.58. The average Bonchev–Trinajstić information content (AvgIpc) is 2.24. The highest BCUT2D eigenvalue weighted by Crippen LogP contribution is 2.25. The molecule has 90 valence electrons. The molecule has 0 atom stereocenters. The van der Waals surface area contributed by atoms with Gasteiger partial charge in [-0.15, -0.1) is 0 Å². The third-order valence-corrected chi connectivity index (χ3v) is 2.94. The molecular weight excluding hydrogens is 268 g/mol. The number of ether oxygens (including phenoxy) is 1. The van der Waals surface area contributed by atoms with E-state index < -0.39 is 0 Å². The first-order valence-electron chi connectivity index (χ1n) is 5.30. The van der Waals surface area contributed by atoms with Crippen molar-refractivity contribution < 1.29 is 4.74 Å². The molecule has 0 aliphatic rings. The van der Waals surface area contributed by atoms with E-state index in [-0.39, 0.29) is 0 Å². The summed E-state index contributed by atoms with van der Waals surface area (Å²) in [6, 6.07) is 6.41. The largest absolute Gasteiger partial charge is 0.383 e. The number of hydrogen-bond donors (Lipinski definition) is 1. The highest BCUT2D eigenvalue weighted by atomic mass is 79.9. The van der Waals surface area contributed by atoms with E-state index in [1.165, 1.54) is 11.3 Å². The number of anilines is 1. The quantitative estimate of drug-likeness (QED) is 0.812. The first-order chi connectivity index (χ1) is 7.65. The van der Waals surface area contributed by atoms with Gasteiger partial charge in [0.05, 0.1) is 12.3 Å². The van der Waals surface area contributed by atoms with Crippen LogP contribution in [0.5, 0.6) is 0 Å². The minimum Gasteiger partial charge on any atom is -0.383 e. The van der Waals surface area contributed by atoms with Gasteiger partial charge in [0, 0.05) is 38.8 Å². The summed E-state index contributed by atoms with van der Waals surface area (Å²) in [6.45, 7) is 2.50. The Labute approximate surface area is 106 Å². The van der Waals surface area contributed by atoms with E-state index in [9.17, 15) is 0 Å². The predicted molar refractivity (Wildman–Crippen MR) is 72.1 cm³/mol. The standard InChI is InChI=1S/C12H19BrN2O/c1-15(2)12-5-4-10(8-11(12)13)9-14-6-7-16-3/h4-5,8,14H,6-7,9H2,1-3H3. The zero-order valence-corrected chi connectivity index (χ0v) is 11.7. The summed E-state index contributed by atoms with van der Waals surface area (Å²) in [4.78, 5) is 2.09. The SMILES string of the molecule is COCCNCc1ccc(N(C)C)c(Br)c1. The molecule has 1 aromatic rings. The zero-order chi connectivity index (χ0) is 12.0. The van der Waals surface area contributed by atoms with Gasteiger partial charge < -0.3 is 15.0 Å². The number of methoxy groups -OCH3 is 1. The molecule has 0 radical (unpaired) electrons. The van der Waals surface area contributed by atoms with Crippen LogP contribution in [0.1, 0.15) is 5.56 Å². The normalized spacial score (nSPS) is 10.5. The maximum Gasteiger partial charge on any atom is 0.0587 e. The van der Waals surface area contributed by atoms with E-state index >= 15 is 0 Å². The van der Waals surface area contributed by atoms with Crippen molar-refractivity contribution in [1.82, 2.24) is 5.32 Å². The summed E-state index contributed by atoms with van der Waals surface area (Å²) in [5, 5.41) is 3.32. The van der Waals surface area contributed by atoms with Gasteiger partial charge in [0.25, 0.3) is 0 Å². The number of rotatable bonds is 6. The highest BCUT2D eigenvalue weighted by Gasteiger charge is 2.02. The molecule has 4 heteroatoms. The molecule has 0 saturated heterocycles. The van der Waals surface area contributed by atoms with E-state index in [1.54, 1.807) is 7.11 Å². The topological polar surface area (TPSA) is 24.5 Å². The summed E-state index contributed by atoms with van der Waals surface area (Å²) in [6.07, 6.45) is 0. The monoisotopic (exact) mass is 286 g/mol. The van der Waals surface area contributed by atoms with Crippen molar-refractivity contribution >= 4 is 21.6 Å². The summed E-state index contributed by atoms with van der Waals surface area (Å²) in [5.41, 5.74) is 2.47. The second-order valence-electron chi connectivity index (χ2n) is 3.85. The molecular formula is C12H19BrN2O. The number of nitrogens with one attached hydrogen (secondary N) is 1. The molecule has 0 saturated carbocycles. The molecule has 0 amide bonds. The van der Waals surface area contributed by atoms with Crippen molar-refractivity contribution in [2.24, 2.45) is 0 Å². The highest BCUT2D eigenvalue weighted by molar-refractivity contribution is 9.10. The van der Waals surface area contributed by atoms with Gasteiger partial charge in [-0.05, 0) is 33.6 Å². The summed E-state index contributed by atoms with van der Waals surface area (Å²) < 4.78 is 6.10. The first-order valence-corrected chi connectivity index (χ1v) is 6.10. The zero-order valence-electron chi connectivity index (χ0n) is 10.1. The maximum atomic E-state index is 4.98. The van der Waals surface area contributed by atoms with Crippen LogP contribution < -0.4 is 10.2 Å². The van der Waals surface area contributed by atoms with E-state index in [4.69, 9.17) is 4.74 Å². The van der Waals surface area contributed by atoms with Crippen molar-refractivity contribution in [1.29, 1.82) is 0 Å². The van der Waals surface area contributed by atoms with Crippen molar-refractivity contribution in [3.8, 4) is 0 Å². The van der Waals surface area contributed by atoms with Gasteiger partial charge in [-0.25, -0.2) is 0 Å². The predicted octanol–water partition coefficient (Wildman–Crippen LogP) is 2.25. The van der Waals surface area contributed by atoms with Crippen LogP contribution in [0.15, 0.2) is 22.7 Å². The first kappa shape index (κ1) is 13.5. The van der Waals surface area contributed by atoms with Crippen LogP contribution in [-0.2, 0) is 11.3 Å². The molecule has 0 fully saturated rings. The minimum atomic E-state index is 0.747. The summed E-state index contributed by atoms with van der Waals surface area (Å²) in [5.74, 6) is 0.